The zero-order valence-corrected chi connectivity index (χ0v) is 19.7. The van der Waals surface area contributed by atoms with Gasteiger partial charge in [0.05, 0.1) is 11.1 Å². The van der Waals surface area contributed by atoms with Gasteiger partial charge >= 0.3 is 12.2 Å². The second-order valence-corrected chi connectivity index (χ2v) is 8.00. The molecule has 2 amide bonds. The van der Waals surface area contributed by atoms with Crippen molar-refractivity contribution in [3.63, 3.8) is 0 Å². The SMILES string of the molecule is COCCCNC(=O)c1cc(Oc2ccc3c(ccn3C(=O)Nc3cccc(C(F)(F)F)c3)c2)ccn1. The molecule has 2 aromatic heterocycles. The number of aromatic nitrogens is 2. The van der Waals surface area contributed by atoms with Gasteiger partial charge in [0.15, 0.2) is 0 Å². The molecule has 0 saturated heterocycles. The van der Waals surface area contributed by atoms with Crippen LogP contribution in [0.2, 0.25) is 0 Å². The van der Waals surface area contributed by atoms with E-state index >= 15 is 0 Å². The van der Waals surface area contributed by atoms with Crippen molar-refractivity contribution in [1.29, 1.82) is 0 Å². The molecule has 11 heteroatoms. The lowest BCUT2D eigenvalue weighted by molar-refractivity contribution is -0.137. The van der Waals surface area contributed by atoms with Crippen molar-refractivity contribution < 1.29 is 32.2 Å². The number of nitrogens with zero attached hydrogens (tertiary/aromatic N) is 2. The first-order chi connectivity index (χ1) is 17.7. The lowest BCUT2D eigenvalue weighted by Gasteiger charge is -2.11. The van der Waals surface area contributed by atoms with Crippen molar-refractivity contribution in [2.45, 2.75) is 12.6 Å². The van der Waals surface area contributed by atoms with Crippen LogP contribution in [0.25, 0.3) is 10.9 Å². The van der Waals surface area contributed by atoms with Crippen LogP contribution in [-0.4, -0.2) is 41.8 Å². The van der Waals surface area contributed by atoms with Crippen molar-refractivity contribution >= 4 is 28.5 Å². The summed E-state index contributed by atoms with van der Waals surface area (Å²) in [5, 5.41) is 5.91. The topological polar surface area (TPSA) is 94.5 Å². The molecule has 0 atom stereocenters. The molecule has 0 unspecified atom stereocenters. The Labute approximate surface area is 210 Å². The van der Waals surface area contributed by atoms with Crippen LogP contribution in [0.5, 0.6) is 11.5 Å². The minimum atomic E-state index is -4.51. The van der Waals surface area contributed by atoms with Gasteiger partial charge in [-0.05, 0) is 55.0 Å². The van der Waals surface area contributed by atoms with E-state index in [4.69, 9.17) is 9.47 Å². The van der Waals surface area contributed by atoms with Crippen LogP contribution >= 0.6 is 0 Å². The summed E-state index contributed by atoms with van der Waals surface area (Å²) in [5.74, 6) is 0.528. The number of carbonyl (C=O) groups is 2. The Morgan fingerprint density at radius 1 is 1.03 bits per heavy atom. The lowest BCUT2D eigenvalue weighted by atomic mass is 10.2. The van der Waals surface area contributed by atoms with E-state index in [1.165, 1.54) is 35.2 Å². The van der Waals surface area contributed by atoms with E-state index in [0.29, 0.717) is 42.0 Å². The fraction of sp³-hybridized carbons (Fsp3) is 0.192. The summed E-state index contributed by atoms with van der Waals surface area (Å²) < 4.78 is 51.0. The van der Waals surface area contributed by atoms with Gasteiger partial charge in [0, 0.05) is 49.8 Å². The van der Waals surface area contributed by atoms with Crippen LogP contribution in [0.15, 0.2) is 73.1 Å². The Bertz CT molecular complexity index is 1420. The Hall–Kier alpha value is -4.38. The van der Waals surface area contributed by atoms with E-state index in [0.717, 1.165) is 12.1 Å². The molecule has 0 aliphatic heterocycles. The van der Waals surface area contributed by atoms with Gasteiger partial charge in [-0.25, -0.2) is 4.79 Å². The predicted molar refractivity (Wildman–Crippen MR) is 131 cm³/mol. The van der Waals surface area contributed by atoms with Crippen LogP contribution in [0.4, 0.5) is 23.7 Å². The summed E-state index contributed by atoms with van der Waals surface area (Å²) in [6.07, 6.45) is -0.862. The van der Waals surface area contributed by atoms with Gasteiger partial charge in [0.25, 0.3) is 5.91 Å². The highest BCUT2D eigenvalue weighted by molar-refractivity contribution is 5.98. The van der Waals surface area contributed by atoms with E-state index < -0.39 is 17.8 Å². The molecule has 2 N–H and O–H groups in total. The maximum Gasteiger partial charge on any atom is 0.416 e. The minimum Gasteiger partial charge on any atom is -0.457 e. The maximum absolute atomic E-state index is 13.0. The molecule has 0 aliphatic carbocycles. The summed E-state index contributed by atoms with van der Waals surface area (Å²) in [5.41, 5.74) is -0.0961. The number of anilines is 1. The number of nitrogens with one attached hydrogen (secondary N) is 2. The smallest absolute Gasteiger partial charge is 0.416 e. The number of methoxy groups -OCH3 is 1. The van der Waals surface area contributed by atoms with E-state index in [1.807, 2.05) is 0 Å². The van der Waals surface area contributed by atoms with E-state index in [2.05, 4.69) is 15.6 Å². The zero-order valence-electron chi connectivity index (χ0n) is 19.7. The molecule has 192 valence electrons. The maximum atomic E-state index is 13.0. The van der Waals surface area contributed by atoms with Crippen LogP contribution in [0, 0.1) is 0 Å². The van der Waals surface area contributed by atoms with Crippen molar-refractivity contribution in [3.8, 4) is 11.5 Å². The lowest BCUT2D eigenvalue weighted by Crippen LogP contribution is -2.26. The highest BCUT2D eigenvalue weighted by Crippen LogP contribution is 2.31. The van der Waals surface area contributed by atoms with Crippen molar-refractivity contribution in [1.82, 2.24) is 14.9 Å². The second-order valence-electron chi connectivity index (χ2n) is 8.00. The van der Waals surface area contributed by atoms with Crippen molar-refractivity contribution in [3.05, 3.63) is 84.3 Å². The quantitative estimate of drug-likeness (QED) is 0.296. The summed E-state index contributed by atoms with van der Waals surface area (Å²) in [7, 11) is 1.59. The second kappa shape index (κ2) is 11.1. The van der Waals surface area contributed by atoms with Gasteiger partial charge in [-0.2, -0.15) is 13.2 Å². The molecule has 0 fully saturated rings. The van der Waals surface area contributed by atoms with Crippen LogP contribution < -0.4 is 15.4 Å². The Balaban J connectivity index is 1.45. The fourth-order valence-corrected chi connectivity index (χ4v) is 3.56. The number of halogens is 3. The summed E-state index contributed by atoms with van der Waals surface area (Å²) in [6, 6.07) is 13.6. The monoisotopic (exact) mass is 512 g/mol. The third-order valence-corrected chi connectivity index (χ3v) is 5.33. The van der Waals surface area contributed by atoms with Gasteiger partial charge in [-0.3, -0.25) is 14.3 Å². The molecule has 8 nitrogen and oxygen atoms in total. The van der Waals surface area contributed by atoms with Gasteiger partial charge in [-0.15, -0.1) is 0 Å². The average Bonchev–Trinajstić information content (AvgIpc) is 3.30. The highest BCUT2D eigenvalue weighted by Gasteiger charge is 2.30. The Kier molecular flexibility index (Phi) is 7.73. The van der Waals surface area contributed by atoms with Crippen molar-refractivity contribution in [2.75, 3.05) is 25.6 Å². The number of ether oxygens (including phenoxy) is 2. The molecule has 0 radical (unpaired) electrons. The number of carbonyl (C=O) groups excluding carboxylic acids is 2. The largest absolute Gasteiger partial charge is 0.457 e. The molecular weight excluding hydrogens is 489 g/mol. The molecular formula is C26H23F3N4O4. The molecule has 0 aliphatic rings. The summed E-state index contributed by atoms with van der Waals surface area (Å²) in [6.45, 7) is 0.988. The number of alkyl halides is 3. The molecule has 2 aromatic carbocycles. The number of benzene rings is 2. The predicted octanol–water partition coefficient (Wildman–Crippen LogP) is 5.69. The van der Waals surface area contributed by atoms with E-state index in [9.17, 15) is 22.8 Å². The van der Waals surface area contributed by atoms with Crippen molar-refractivity contribution in [2.24, 2.45) is 0 Å². The third-order valence-electron chi connectivity index (χ3n) is 5.33. The van der Waals surface area contributed by atoms with Gasteiger partial charge in [0.2, 0.25) is 0 Å². The average molecular weight is 512 g/mol. The number of fused-ring (bicyclic) bond motifs is 1. The first-order valence-electron chi connectivity index (χ1n) is 11.3. The fourth-order valence-electron chi connectivity index (χ4n) is 3.56. The Morgan fingerprint density at radius 3 is 2.62 bits per heavy atom. The number of hydrogen-bond donors (Lipinski definition) is 2. The standard InChI is InChI=1S/C26H23F3N4O4/c1-36-13-3-10-31-24(34)22-16-21(8-11-30-22)37-20-6-7-23-17(14-20)9-12-33(23)25(35)32-19-5-2-4-18(15-19)26(27,28)29/h2,4-9,11-12,14-16H,3,10,13H2,1H3,(H,31,34)(H,32,35). The van der Waals surface area contributed by atoms with Crippen LogP contribution in [0.1, 0.15) is 22.5 Å². The molecule has 2 heterocycles. The zero-order chi connectivity index (χ0) is 26.4. The summed E-state index contributed by atoms with van der Waals surface area (Å²) >= 11 is 0. The number of amides is 2. The first-order valence-corrected chi connectivity index (χ1v) is 11.3. The number of rotatable bonds is 8. The Morgan fingerprint density at radius 2 is 1.84 bits per heavy atom. The number of pyridine rings is 1. The van der Waals surface area contributed by atoms with E-state index in [-0.39, 0.29) is 17.3 Å². The van der Waals surface area contributed by atoms with Gasteiger partial charge in [0.1, 0.15) is 17.2 Å². The molecule has 4 aromatic rings. The van der Waals surface area contributed by atoms with E-state index in [1.54, 1.807) is 37.4 Å². The molecule has 37 heavy (non-hydrogen) atoms. The minimum absolute atomic E-state index is 0.0258. The normalized spacial score (nSPS) is 11.4. The number of hydrogen-bond acceptors (Lipinski definition) is 5. The third kappa shape index (κ3) is 6.44. The van der Waals surface area contributed by atoms with Gasteiger partial charge < -0.3 is 20.1 Å². The summed E-state index contributed by atoms with van der Waals surface area (Å²) in [4.78, 5) is 29.1. The molecule has 0 bridgehead atoms. The molecule has 0 saturated carbocycles. The highest BCUT2D eigenvalue weighted by atomic mass is 19.4. The molecule has 4 rings (SSSR count). The molecule has 0 spiro atoms. The van der Waals surface area contributed by atoms with Crippen LogP contribution in [-0.2, 0) is 10.9 Å². The van der Waals surface area contributed by atoms with Gasteiger partial charge in [-0.1, -0.05) is 6.07 Å². The first kappa shape index (κ1) is 25.7. The van der Waals surface area contributed by atoms with Crippen LogP contribution in [0.3, 0.4) is 0 Å².